The normalized spacial score (nSPS) is 10.2. The van der Waals surface area contributed by atoms with E-state index in [1.54, 1.807) is 30.3 Å². The largest absolute Gasteiger partial charge is 0.483 e. The molecule has 3 aromatic carbocycles. The van der Waals surface area contributed by atoms with Crippen LogP contribution in [0.4, 0.5) is 5.69 Å². The van der Waals surface area contributed by atoms with Gasteiger partial charge in [0.15, 0.2) is 6.61 Å². The van der Waals surface area contributed by atoms with Crippen LogP contribution in [0.1, 0.15) is 35.3 Å². The Kier molecular flexibility index (Phi) is 8.18. The third-order valence-electron chi connectivity index (χ3n) is 4.80. The molecule has 2 N–H and O–H groups in total. The summed E-state index contributed by atoms with van der Waals surface area (Å²) in [6.45, 7) is 3.40. The number of carbonyl (C=O) groups is 3. The highest BCUT2D eigenvalue weighted by Crippen LogP contribution is 2.19. The van der Waals surface area contributed by atoms with Gasteiger partial charge in [-0.3, -0.25) is 14.4 Å². The van der Waals surface area contributed by atoms with Gasteiger partial charge in [0, 0.05) is 24.7 Å². The van der Waals surface area contributed by atoms with Gasteiger partial charge >= 0.3 is 5.97 Å². The molecule has 0 aliphatic carbocycles. The smallest absolute Gasteiger partial charge is 0.308 e. The van der Waals surface area contributed by atoms with Gasteiger partial charge in [-0.1, -0.05) is 49.4 Å². The van der Waals surface area contributed by atoms with Crippen molar-refractivity contribution in [3.8, 4) is 11.5 Å². The first-order valence-electron chi connectivity index (χ1n) is 10.6. The molecule has 2 amide bonds. The van der Waals surface area contributed by atoms with Crippen molar-refractivity contribution in [2.45, 2.75) is 26.8 Å². The molecule has 0 spiro atoms. The van der Waals surface area contributed by atoms with Crippen molar-refractivity contribution in [3.05, 3.63) is 89.5 Å². The van der Waals surface area contributed by atoms with Gasteiger partial charge in [-0.25, -0.2) is 0 Å². The van der Waals surface area contributed by atoms with Crippen molar-refractivity contribution in [2.75, 3.05) is 11.9 Å². The van der Waals surface area contributed by atoms with Crippen LogP contribution in [0, 0.1) is 0 Å². The Balaban J connectivity index is 1.59. The van der Waals surface area contributed by atoms with Crippen molar-refractivity contribution in [1.29, 1.82) is 0 Å². The lowest BCUT2D eigenvalue weighted by Gasteiger charge is -2.14. The van der Waals surface area contributed by atoms with E-state index < -0.39 is 5.97 Å². The molecular formula is C26H26N2O5. The minimum Gasteiger partial charge on any atom is -0.483 e. The first-order valence-corrected chi connectivity index (χ1v) is 10.6. The molecule has 3 aromatic rings. The van der Waals surface area contributed by atoms with Gasteiger partial charge in [-0.15, -0.1) is 0 Å². The van der Waals surface area contributed by atoms with Crippen LogP contribution < -0.4 is 20.1 Å². The van der Waals surface area contributed by atoms with Crippen LogP contribution in [0.2, 0.25) is 0 Å². The summed E-state index contributed by atoms with van der Waals surface area (Å²) in [6.07, 6.45) is 0.810. The van der Waals surface area contributed by atoms with E-state index in [2.05, 4.69) is 10.6 Å². The van der Waals surface area contributed by atoms with Crippen molar-refractivity contribution < 1.29 is 23.9 Å². The summed E-state index contributed by atoms with van der Waals surface area (Å²) >= 11 is 0. The monoisotopic (exact) mass is 446 g/mol. The van der Waals surface area contributed by atoms with Gasteiger partial charge in [0.25, 0.3) is 11.8 Å². The molecule has 0 heterocycles. The standard InChI is InChI=1S/C26H26N2O5/c1-3-19-9-5-7-14-24(19)32-17-25(30)28-23-13-6-4-10-21(23)16-27-26(31)20-11-8-12-22(15-20)33-18(2)29/h4-15H,3,16-17H2,1-2H3,(H,27,31)(H,28,30). The summed E-state index contributed by atoms with van der Waals surface area (Å²) < 4.78 is 10.7. The lowest BCUT2D eigenvalue weighted by Crippen LogP contribution is -2.25. The number of para-hydroxylation sites is 2. The number of hydrogen-bond acceptors (Lipinski definition) is 5. The molecular weight excluding hydrogens is 420 g/mol. The van der Waals surface area contributed by atoms with Crippen LogP contribution in [0.15, 0.2) is 72.8 Å². The van der Waals surface area contributed by atoms with Gasteiger partial charge in [-0.05, 0) is 47.9 Å². The fourth-order valence-electron chi connectivity index (χ4n) is 3.21. The van der Waals surface area contributed by atoms with Gasteiger partial charge in [0.05, 0.1) is 0 Å². The summed E-state index contributed by atoms with van der Waals surface area (Å²) in [5.41, 5.74) is 2.72. The van der Waals surface area contributed by atoms with Crippen LogP contribution in [-0.4, -0.2) is 24.4 Å². The molecule has 0 aliphatic heterocycles. The van der Waals surface area contributed by atoms with Crippen LogP contribution in [0.25, 0.3) is 0 Å². The summed E-state index contributed by atoms with van der Waals surface area (Å²) in [7, 11) is 0. The van der Waals surface area contributed by atoms with E-state index in [-0.39, 0.29) is 25.0 Å². The first kappa shape index (κ1) is 23.5. The highest BCUT2D eigenvalue weighted by atomic mass is 16.5. The predicted octanol–water partition coefficient (Wildman–Crippen LogP) is 4.12. The Morgan fingerprint density at radius 2 is 1.61 bits per heavy atom. The second-order valence-electron chi connectivity index (χ2n) is 7.26. The maximum Gasteiger partial charge on any atom is 0.308 e. The van der Waals surface area contributed by atoms with Crippen molar-refractivity contribution in [1.82, 2.24) is 5.32 Å². The molecule has 3 rings (SSSR count). The Bertz CT molecular complexity index is 1140. The van der Waals surface area contributed by atoms with Crippen LogP contribution >= 0.6 is 0 Å². The first-order chi connectivity index (χ1) is 16.0. The van der Waals surface area contributed by atoms with Crippen LogP contribution in [0.5, 0.6) is 11.5 Å². The summed E-state index contributed by atoms with van der Waals surface area (Å²) in [4.78, 5) is 36.1. The number of carbonyl (C=O) groups excluding carboxylic acids is 3. The third-order valence-corrected chi connectivity index (χ3v) is 4.80. The van der Waals surface area contributed by atoms with E-state index >= 15 is 0 Å². The van der Waals surface area contributed by atoms with Crippen molar-refractivity contribution in [3.63, 3.8) is 0 Å². The highest BCUT2D eigenvalue weighted by Gasteiger charge is 2.11. The number of anilines is 1. The van der Waals surface area contributed by atoms with E-state index in [0.29, 0.717) is 22.7 Å². The molecule has 0 aromatic heterocycles. The van der Waals surface area contributed by atoms with E-state index in [4.69, 9.17) is 9.47 Å². The number of nitrogens with one attached hydrogen (secondary N) is 2. The number of ether oxygens (including phenoxy) is 2. The molecule has 0 radical (unpaired) electrons. The van der Waals surface area contributed by atoms with Crippen LogP contribution in [-0.2, 0) is 22.6 Å². The van der Waals surface area contributed by atoms with Gasteiger partial charge in [0.1, 0.15) is 11.5 Å². The van der Waals surface area contributed by atoms with Crippen molar-refractivity contribution in [2.24, 2.45) is 0 Å². The van der Waals surface area contributed by atoms with E-state index in [1.165, 1.54) is 13.0 Å². The van der Waals surface area contributed by atoms with Gasteiger partial charge in [-0.2, -0.15) is 0 Å². The number of amides is 2. The van der Waals surface area contributed by atoms with E-state index in [0.717, 1.165) is 17.5 Å². The molecule has 0 unspecified atom stereocenters. The van der Waals surface area contributed by atoms with E-state index in [9.17, 15) is 14.4 Å². The molecule has 0 saturated carbocycles. The minimum atomic E-state index is -0.459. The fraction of sp³-hybridized carbons (Fsp3) is 0.192. The Morgan fingerprint density at radius 3 is 2.36 bits per heavy atom. The maximum atomic E-state index is 12.6. The summed E-state index contributed by atoms with van der Waals surface area (Å²) in [6, 6.07) is 21.2. The lowest BCUT2D eigenvalue weighted by molar-refractivity contribution is -0.131. The average Bonchev–Trinajstić information content (AvgIpc) is 2.82. The Hall–Kier alpha value is -4.13. The molecule has 0 atom stereocenters. The predicted molar refractivity (Wildman–Crippen MR) is 125 cm³/mol. The minimum absolute atomic E-state index is 0.124. The molecule has 0 fully saturated rings. The quantitative estimate of drug-likeness (QED) is 0.381. The number of esters is 1. The summed E-state index contributed by atoms with van der Waals surface area (Å²) in [5, 5.41) is 5.66. The van der Waals surface area contributed by atoms with Crippen molar-refractivity contribution >= 4 is 23.5 Å². The Labute approximate surface area is 192 Å². The lowest BCUT2D eigenvalue weighted by atomic mass is 10.1. The molecule has 0 bridgehead atoms. The van der Waals surface area contributed by atoms with E-state index in [1.807, 2.05) is 43.3 Å². The number of aryl methyl sites for hydroxylation is 1. The topological polar surface area (TPSA) is 93.7 Å². The molecule has 7 heteroatoms. The van der Waals surface area contributed by atoms with Gasteiger partial charge in [0.2, 0.25) is 0 Å². The molecule has 170 valence electrons. The zero-order chi connectivity index (χ0) is 23.6. The summed E-state index contributed by atoms with van der Waals surface area (Å²) in [5.74, 6) is -0.100. The number of hydrogen-bond donors (Lipinski definition) is 2. The second kappa shape index (κ2) is 11.5. The molecule has 33 heavy (non-hydrogen) atoms. The number of benzene rings is 3. The molecule has 0 aliphatic rings. The highest BCUT2D eigenvalue weighted by molar-refractivity contribution is 5.95. The van der Waals surface area contributed by atoms with Gasteiger partial charge < -0.3 is 20.1 Å². The zero-order valence-electron chi connectivity index (χ0n) is 18.6. The second-order valence-corrected chi connectivity index (χ2v) is 7.26. The number of rotatable bonds is 9. The molecule has 0 saturated heterocycles. The average molecular weight is 447 g/mol. The zero-order valence-corrected chi connectivity index (χ0v) is 18.6. The molecule has 7 nitrogen and oxygen atoms in total. The Morgan fingerprint density at radius 1 is 0.879 bits per heavy atom. The fourth-order valence-corrected chi connectivity index (χ4v) is 3.21. The third kappa shape index (κ3) is 6.93. The van der Waals surface area contributed by atoms with Crippen LogP contribution in [0.3, 0.4) is 0 Å². The maximum absolute atomic E-state index is 12.6. The SMILES string of the molecule is CCc1ccccc1OCC(=O)Nc1ccccc1CNC(=O)c1cccc(OC(C)=O)c1.